The molecule has 1 aliphatic heterocycles. The first kappa shape index (κ1) is 17.4. The molecule has 132 valence electrons. The van der Waals surface area contributed by atoms with Crippen molar-refractivity contribution in [1.29, 1.82) is 0 Å². The Bertz CT molecular complexity index is 691. The molecule has 1 aromatic carbocycles. The molecule has 3 rings (SSSR count). The number of benzene rings is 1. The number of rotatable bonds is 5. The highest BCUT2D eigenvalue weighted by atomic mass is 16.4. The van der Waals surface area contributed by atoms with Crippen LogP contribution in [-0.4, -0.2) is 57.1 Å². The third kappa shape index (κ3) is 4.55. The summed E-state index contributed by atoms with van der Waals surface area (Å²) in [6.07, 6.45) is 4.56. The Kier molecular flexibility index (Phi) is 5.63. The Morgan fingerprint density at radius 2 is 1.92 bits per heavy atom. The first-order chi connectivity index (χ1) is 12.1. The number of carboxylic acids is 1. The van der Waals surface area contributed by atoms with Gasteiger partial charge in [0.15, 0.2) is 0 Å². The van der Waals surface area contributed by atoms with Gasteiger partial charge in [-0.2, -0.15) is 0 Å². The predicted molar refractivity (Wildman–Crippen MR) is 94.2 cm³/mol. The molecule has 0 aliphatic carbocycles. The molecule has 6 nitrogen and oxygen atoms in total. The van der Waals surface area contributed by atoms with E-state index in [4.69, 9.17) is 0 Å². The maximum Gasteiger partial charge on any atom is 0.325 e. The van der Waals surface area contributed by atoms with Gasteiger partial charge in [-0.05, 0) is 42.3 Å². The van der Waals surface area contributed by atoms with Gasteiger partial charge in [0, 0.05) is 38.6 Å². The topological polar surface area (TPSA) is 76.9 Å². The Balaban J connectivity index is 1.68. The smallest absolute Gasteiger partial charge is 0.325 e. The van der Waals surface area contributed by atoms with Gasteiger partial charge in [-0.15, -0.1) is 0 Å². The number of carboxylic acid groups (broad SMARTS) is 1. The second kappa shape index (κ2) is 8.09. The van der Waals surface area contributed by atoms with Crippen molar-refractivity contribution >= 4 is 5.97 Å². The van der Waals surface area contributed by atoms with Gasteiger partial charge >= 0.3 is 5.97 Å². The number of hydrogen-bond donors (Lipinski definition) is 2. The van der Waals surface area contributed by atoms with E-state index in [1.54, 1.807) is 18.3 Å². The van der Waals surface area contributed by atoms with Crippen LogP contribution in [0.5, 0.6) is 5.75 Å². The molecule has 0 unspecified atom stereocenters. The van der Waals surface area contributed by atoms with Gasteiger partial charge in [0.05, 0.1) is 0 Å². The van der Waals surface area contributed by atoms with E-state index >= 15 is 0 Å². The summed E-state index contributed by atoms with van der Waals surface area (Å²) in [5.41, 5.74) is 1.87. The van der Waals surface area contributed by atoms with Crippen molar-refractivity contribution in [1.82, 2.24) is 14.8 Å². The summed E-state index contributed by atoms with van der Waals surface area (Å²) in [6.45, 7) is 4.02. The molecule has 0 spiro atoms. The summed E-state index contributed by atoms with van der Waals surface area (Å²) in [6, 6.07) is 9.77. The molecule has 2 heterocycles. The summed E-state index contributed by atoms with van der Waals surface area (Å²) in [5, 5.41) is 19.1. The molecule has 6 heteroatoms. The monoisotopic (exact) mass is 341 g/mol. The number of hydrogen-bond acceptors (Lipinski definition) is 5. The molecule has 2 N–H and O–H groups in total. The van der Waals surface area contributed by atoms with Crippen molar-refractivity contribution < 1.29 is 15.0 Å². The largest absolute Gasteiger partial charge is 0.508 e. The fourth-order valence-corrected chi connectivity index (χ4v) is 3.32. The van der Waals surface area contributed by atoms with E-state index in [1.807, 2.05) is 17.2 Å². The van der Waals surface area contributed by atoms with Crippen molar-refractivity contribution in [2.75, 3.05) is 26.2 Å². The van der Waals surface area contributed by atoms with Crippen LogP contribution in [-0.2, 0) is 11.3 Å². The molecule has 1 saturated heterocycles. The highest BCUT2D eigenvalue weighted by molar-refractivity contribution is 5.75. The third-order valence-corrected chi connectivity index (χ3v) is 4.56. The quantitative estimate of drug-likeness (QED) is 0.867. The van der Waals surface area contributed by atoms with E-state index in [2.05, 4.69) is 16.0 Å². The third-order valence-electron chi connectivity index (χ3n) is 4.56. The number of aromatic hydroxyl groups is 1. The summed E-state index contributed by atoms with van der Waals surface area (Å²) in [5.74, 6) is -0.710. The lowest BCUT2D eigenvalue weighted by Crippen LogP contribution is -2.37. The van der Waals surface area contributed by atoms with Crippen LogP contribution in [0.15, 0.2) is 48.8 Å². The van der Waals surface area contributed by atoms with Crippen LogP contribution >= 0.6 is 0 Å². The van der Waals surface area contributed by atoms with Crippen molar-refractivity contribution in [3.63, 3.8) is 0 Å². The summed E-state index contributed by atoms with van der Waals surface area (Å²) in [4.78, 5) is 20.3. The first-order valence-corrected chi connectivity index (χ1v) is 8.50. The molecular weight excluding hydrogens is 318 g/mol. The Morgan fingerprint density at radius 3 is 2.60 bits per heavy atom. The fraction of sp³-hybridized carbons (Fsp3) is 0.368. The number of pyridine rings is 1. The number of phenols is 1. The van der Waals surface area contributed by atoms with Crippen LogP contribution in [0.3, 0.4) is 0 Å². The molecule has 2 aromatic rings. The average molecular weight is 341 g/mol. The molecule has 1 fully saturated rings. The second-order valence-corrected chi connectivity index (χ2v) is 6.36. The number of aliphatic carboxylic acids is 1. The lowest BCUT2D eigenvalue weighted by Gasteiger charge is -2.28. The van der Waals surface area contributed by atoms with Gasteiger partial charge in [0.25, 0.3) is 0 Å². The fourth-order valence-electron chi connectivity index (χ4n) is 3.32. The number of aromatic nitrogens is 1. The van der Waals surface area contributed by atoms with E-state index in [0.29, 0.717) is 12.1 Å². The Hall–Kier alpha value is -2.44. The van der Waals surface area contributed by atoms with Gasteiger partial charge in [0.2, 0.25) is 0 Å². The van der Waals surface area contributed by atoms with Crippen molar-refractivity contribution in [2.24, 2.45) is 0 Å². The molecule has 1 atom stereocenters. The van der Waals surface area contributed by atoms with E-state index < -0.39 is 12.0 Å². The maximum absolute atomic E-state index is 11.8. The maximum atomic E-state index is 11.8. The summed E-state index contributed by atoms with van der Waals surface area (Å²) in [7, 11) is 0. The zero-order valence-corrected chi connectivity index (χ0v) is 14.1. The van der Waals surface area contributed by atoms with E-state index in [9.17, 15) is 15.0 Å². The highest BCUT2D eigenvalue weighted by Crippen LogP contribution is 2.24. The van der Waals surface area contributed by atoms with Gasteiger partial charge in [-0.3, -0.25) is 19.6 Å². The molecule has 1 aromatic heterocycles. The molecule has 0 amide bonds. The predicted octanol–water partition coefficient (Wildman–Crippen LogP) is 2.12. The lowest BCUT2D eigenvalue weighted by molar-refractivity contribution is -0.143. The molecule has 25 heavy (non-hydrogen) atoms. The van der Waals surface area contributed by atoms with Crippen molar-refractivity contribution in [3.05, 3.63) is 59.9 Å². The van der Waals surface area contributed by atoms with Gasteiger partial charge < -0.3 is 10.2 Å². The van der Waals surface area contributed by atoms with Crippen molar-refractivity contribution in [3.8, 4) is 5.75 Å². The van der Waals surface area contributed by atoms with E-state index in [-0.39, 0.29) is 5.75 Å². The van der Waals surface area contributed by atoms with Crippen molar-refractivity contribution in [2.45, 2.75) is 19.0 Å². The molecule has 0 radical (unpaired) electrons. The summed E-state index contributed by atoms with van der Waals surface area (Å²) < 4.78 is 0. The Morgan fingerprint density at radius 1 is 1.12 bits per heavy atom. The lowest BCUT2D eigenvalue weighted by atomic mass is 10.0. The van der Waals surface area contributed by atoms with Crippen LogP contribution in [0.2, 0.25) is 0 Å². The number of nitrogens with zero attached hydrogens (tertiary/aromatic N) is 3. The average Bonchev–Trinajstić information content (AvgIpc) is 2.83. The number of carbonyl (C=O) groups is 1. The molecule has 0 bridgehead atoms. The minimum Gasteiger partial charge on any atom is -0.508 e. The Labute approximate surface area is 147 Å². The van der Waals surface area contributed by atoms with E-state index in [0.717, 1.165) is 32.6 Å². The first-order valence-electron chi connectivity index (χ1n) is 8.50. The normalized spacial score (nSPS) is 17.8. The van der Waals surface area contributed by atoms with Crippen LogP contribution in [0.25, 0.3) is 0 Å². The van der Waals surface area contributed by atoms with Crippen LogP contribution in [0.1, 0.15) is 23.6 Å². The summed E-state index contributed by atoms with van der Waals surface area (Å²) >= 11 is 0. The van der Waals surface area contributed by atoms with E-state index in [1.165, 1.54) is 17.7 Å². The van der Waals surface area contributed by atoms with Gasteiger partial charge in [-0.25, -0.2) is 0 Å². The SMILES string of the molecule is O=C(O)[C@H](c1ccc(O)cc1)N1CCCN(Cc2cccnc2)CC1. The minimum absolute atomic E-state index is 0.145. The minimum atomic E-state index is -0.855. The number of phenolic OH excluding ortho intramolecular Hbond substituents is 1. The van der Waals surface area contributed by atoms with Crippen LogP contribution in [0, 0.1) is 0 Å². The molecule has 0 saturated carbocycles. The highest BCUT2D eigenvalue weighted by Gasteiger charge is 2.29. The standard InChI is InChI=1S/C19H23N3O3/c23-17-6-4-16(5-7-17)18(19(24)25)22-10-2-9-21(11-12-22)14-15-3-1-8-20-13-15/h1,3-8,13,18,23H,2,9-12,14H2,(H,24,25)/t18-/m0/s1. The molecule has 1 aliphatic rings. The van der Waals surface area contributed by atoms with Crippen LogP contribution in [0.4, 0.5) is 0 Å². The van der Waals surface area contributed by atoms with Gasteiger partial charge in [0.1, 0.15) is 11.8 Å². The van der Waals surface area contributed by atoms with Gasteiger partial charge in [-0.1, -0.05) is 18.2 Å². The zero-order valence-electron chi connectivity index (χ0n) is 14.1. The van der Waals surface area contributed by atoms with Crippen LogP contribution < -0.4 is 0 Å². The molecular formula is C19H23N3O3. The zero-order chi connectivity index (χ0) is 17.6. The second-order valence-electron chi connectivity index (χ2n) is 6.36.